The fraction of sp³-hybridized carbons (Fsp3) is 0.308. The minimum atomic E-state index is -0.671. The third-order valence-electron chi connectivity index (χ3n) is 6.79. The average Bonchev–Trinajstić information content (AvgIpc) is 3.34. The summed E-state index contributed by atoms with van der Waals surface area (Å²) < 4.78 is 5.56. The SMILES string of the molecule is Cc1cc(OC(=O)[C@@H]2CC(=O)N(c3cc(Cl)ccc3Cl)C2)ccc1N1C(=O)[C@H]2CC=CC[C@H]2C1=O. The fourth-order valence-electron chi connectivity index (χ4n) is 4.97. The molecule has 9 heteroatoms. The number of halogens is 2. The van der Waals surface area contributed by atoms with Gasteiger partial charge in [0.15, 0.2) is 0 Å². The van der Waals surface area contributed by atoms with Crippen LogP contribution in [-0.4, -0.2) is 30.2 Å². The molecule has 0 N–H and O–H groups in total. The summed E-state index contributed by atoms with van der Waals surface area (Å²) in [6.45, 7) is 1.89. The van der Waals surface area contributed by atoms with Crippen LogP contribution < -0.4 is 14.5 Å². The number of imide groups is 1. The Balaban J connectivity index is 1.29. The molecule has 1 aliphatic carbocycles. The number of benzene rings is 2. The van der Waals surface area contributed by atoms with Crippen LogP contribution in [0.5, 0.6) is 5.75 Å². The van der Waals surface area contributed by atoms with Crippen molar-refractivity contribution in [2.24, 2.45) is 17.8 Å². The van der Waals surface area contributed by atoms with E-state index in [-0.39, 0.29) is 48.3 Å². The predicted molar refractivity (Wildman–Crippen MR) is 132 cm³/mol. The van der Waals surface area contributed by atoms with E-state index in [0.717, 1.165) is 0 Å². The lowest BCUT2D eigenvalue weighted by Gasteiger charge is -2.19. The molecule has 0 radical (unpaired) electrons. The van der Waals surface area contributed by atoms with Gasteiger partial charge in [-0.25, -0.2) is 4.90 Å². The molecule has 0 bridgehead atoms. The second-order valence-corrected chi connectivity index (χ2v) is 9.88. The van der Waals surface area contributed by atoms with Crippen molar-refractivity contribution in [3.63, 3.8) is 0 Å². The summed E-state index contributed by atoms with van der Waals surface area (Å²) >= 11 is 12.3. The summed E-state index contributed by atoms with van der Waals surface area (Å²) in [5.74, 6) is -2.21. The lowest BCUT2D eigenvalue weighted by Crippen LogP contribution is -2.31. The zero-order chi connectivity index (χ0) is 24.9. The van der Waals surface area contributed by atoms with Crippen LogP contribution in [0.25, 0.3) is 0 Å². The van der Waals surface area contributed by atoms with Gasteiger partial charge in [-0.15, -0.1) is 0 Å². The second kappa shape index (κ2) is 9.13. The van der Waals surface area contributed by atoms with Gasteiger partial charge in [0.2, 0.25) is 17.7 Å². The number of allylic oxidation sites excluding steroid dienone is 2. The van der Waals surface area contributed by atoms with Crippen LogP contribution in [0.15, 0.2) is 48.6 Å². The normalized spacial score (nSPS) is 23.7. The van der Waals surface area contributed by atoms with Crippen molar-refractivity contribution in [1.29, 1.82) is 0 Å². The van der Waals surface area contributed by atoms with Crippen molar-refractivity contribution >= 4 is 58.3 Å². The van der Waals surface area contributed by atoms with Gasteiger partial charge in [0.05, 0.1) is 34.2 Å². The molecule has 2 heterocycles. The van der Waals surface area contributed by atoms with E-state index in [4.69, 9.17) is 27.9 Å². The molecule has 180 valence electrons. The number of carbonyl (C=O) groups is 4. The highest BCUT2D eigenvalue weighted by molar-refractivity contribution is 6.36. The van der Waals surface area contributed by atoms with Crippen molar-refractivity contribution in [1.82, 2.24) is 0 Å². The van der Waals surface area contributed by atoms with E-state index in [1.165, 1.54) is 9.80 Å². The number of hydrogen-bond acceptors (Lipinski definition) is 5. The molecule has 2 aromatic rings. The largest absolute Gasteiger partial charge is 0.426 e. The summed E-state index contributed by atoms with van der Waals surface area (Å²) in [7, 11) is 0. The Morgan fingerprint density at radius 3 is 2.29 bits per heavy atom. The summed E-state index contributed by atoms with van der Waals surface area (Å²) in [4.78, 5) is 53.9. The summed E-state index contributed by atoms with van der Waals surface area (Å²) in [6, 6.07) is 9.62. The highest BCUT2D eigenvalue weighted by atomic mass is 35.5. The Kier molecular flexibility index (Phi) is 6.15. The number of ether oxygens (including phenoxy) is 1. The first-order valence-electron chi connectivity index (χ1n) is 11.3. The summed E-state index contributed by atoms with van der Waals surface area (Å²) in [5.41, 5.74) is 1.58. The second-order valence-electron chi connectivity index (χ2n) is 9.04. The molecule has 3 atom stereocenters. The van der Waals surface area contributed by atoms with E-state index in [1.807, 2.05) is 12.2 Å². The van der Waals surface area contributed by atoms with Crippen molar-refractivity contribution in [2.75, 3.05) is 16.3 Å². The number of esters is 1. The molecule has 5 rings (SSSR count). The number of amides is 3. The maximum atomic E-state index is 12.9. The first kappa shape index (κ1) is 23.6. The van der Waals surface area contributed by atoms with Gasteiger partial charge in [-0.2, -0.15) is 0 Å². The molecule has 0 aromatic heterocycles. The van der Waals surface area contributed by atoms with E-state index < -0.39 is 11.9 Å². The van der Waals surface area contributed by atoms with Crippen LogP contribution in [0.1, 0.15) is 24.8 Å². The van der Waals surface area contributed by atoms with Gasteiger partial charge in [-0.1, -0.05) is 35.4 Å². The average molecular weight is 513 g/mol. The molecule has 3 aliphatic rings. The third kappa shape index (κ3) is 4.23. The number of aryl methyl sites for hydroxylation is 1. The highest BCUT2D eigenvalue weighted by Gasteiger charge is 2.48. The van der Waals surface area contributed by atoms with E-state index in [9.17, 15) is 19.2 Å². The summed E-state index contributed by atoms with van der Waals surface area (Å²) in [5, 5.41) is 0.800. The Morgan fingerprint density at radius 1 is 0.943 bits per heavy atom. The number of fused-ring (bicyclic) bond motifs is 1. The number of nitrogens with zero attached hydrogens (tertiary/aromatic N) is 2. The molecule has 2 aromatic carbocycles. The van der Waals surface area contributed by atoms with Crippen LogP contribution in [-0.2, 0) is 19.2 Å². The first-order chi connectivity index (χ1) is 16.7. The quantitative estimate of drug-likeness (QED) is 0.256. The molecule has 3 amide bonds. The van der Waals surface area contributed by atoms with Crippen LogP contribution in [0.3, 0.4) is 0 Å². The van der Waals surface area contributed by atoms with E-state index >= 15 is 0 Å². The van der Waals surface area contributed by atoms with Crippen LogP contribution in [0, 0.1) is 24.7 Å². The van der Waals surface area contributed by atoms with E-state index in [2.05, 4.69) is 0 Å². The monoisotopic (exact) mass is 512 g/mol. The van der Waals surface area contributed by atoms with Crippen LogP contribution in [0.4, 0.5) is 11.4 Å². The van der Waals surface area contributed by atoms with Gasteiger partial charge in [0.25, 0.3) is 0 Å². The van der Waals surface area contributed by atoms with Crippen molar-refractivity contribution in [2.45, 2.75) is 26.2 Å². The van der Waals surface area contributed by atoms with Crippen molar-refractivity contribution in [3.8, 4) is 5.75 Å². The third-order valence-corrected chi connectivity index (χ3v) is 7.35. The maximum Gasteiger partial charge on any atom is 0.316 e. The highest BCUT2D eigenvalue weighted by Crippen LogP contribution is 2.39. The minimum absolute atomic E-state index is 0.00760. The Hall–Kier alpha value is -3.16. The smallest absolute Gasteiger partial charge is 0.316 e. The van der Waals surface area contributed by atoms with Gasteiger partial charge < -0.3 is 9.64 Å². The van der Waals surface area contributed by atoms with Gasteiger partial charge in [-0.3, -0.25) is 19.2 Å². The molecular weight excluding hydrogens is 491 g/mol. The minimum Gasteiger partial charge on any atom is -0.426 e. The molecule has 35 heavy (non-hydrogen) atoms. The number of rotatable bonds is 4. The van der Waals surface area contributed by atoms with Crippen molar-refractivity contribution in [3.05, 3.63) is 64.2 Å². The van der Waals surface area contributed by atoms with Crippen LogP contribution >= 0.6 is 23.2 Å². The molecule has 2 aliphatic heterocycles. The zero-order valence-corrected chi connectivity index (χ0v) is 20.4. The van der Waals surface area contributed by atoms with E-state index in [0.29, 0.717) is 39.8 Å². The maximum absolute atomic E-state index is 12.9. The van der Waals surface area contributed by atoms with Gasteiger partial charge in [-0.05, 0) is 61.7 Å². The Labute approximate surface area is 212 Å². The molecule has 0 spiro atoms. The van der Waals surface area contributed by atoms with E-state index in [1.54, 1.807) is 43.3 Å². The van der Waals surface area contributed by atoms with Gasteiger partial charge >= 0.3 is 5.97 Å². The number of hydrogen-bond donors (Lipinski definition) is 0. The zero-order valence-electron chi connectivity index (χ0n) is 18.9. The Morgan fingerprint density at radius 2 is 1.63 bits per heavy atom. The molecular formula is C26H22Cl2N2O5. The standard InChI is InChI=1S/C26H22Cl2N2O5/c1-14-10-17(7-9-21(14)30-24(32)18-4-2-3-5-19(18)25(30)33)35-26(34)15-11-23(31)29(13-15)22-12-16(27)6-8-20(22)28/h2-3,6-10,12,15,18-19H,4-5,11,13H2,1H3/t15-,18-,19+/m1/s1. The van der Waals surface area contributed by atoms with Gasteiger partial charge in [0, 0.05) is 18.0 Å². The lowest BCUT2D eigenvalue weighted by atomic mass is 9.85. The van der Waals surface area contributed by atoms with Crippen LogP contribution in [0.2, 0.25) is 10.0 Å². The molecule has 0 saturated carbocycles. The molecule has 2 saturated heterocycles. The van der Waals surface area contributed by atoms with Gasteiger partial charge in [0.1, 0.15) is 5.75 Å². The number of anilines is 2. The summed E-state index contributed by atoms with van der Waals surface area (Å²) in [6.07, 6.45) is 5.02. The first-order valence-corrected chi connectivity index (χ1v) is 12.1. The van der Waals surface area contributed by atoms with Crippen molar-refractivity contribution < 1.29 is 23.9 Å². The molecule has 7 nitrogen and oxygen atoms in total. The Bertz CT molecular complexity index is 1260. The topological polar surface area (TPSA) is 84.0 Å². The molecule has 2 fully saturated rings. The predicted octanol–water partition coefficient (Wildman–Crippen LogP) is 4.72. The molecule has 0 unspecified atom stereocenters. The fourth-order valence-corrected chi connectivity index (χ4v) is 5.36. The number of carbonyl (C=O) groups excluding carboxylic acids is 4. The lowest BCUT2D eigenvalue weighted by molar-refractivity contribution is -0.139.